The molecule has 0 radical (unpaired) electrons. The number of carbonyl (C=O) groups is 1. The number of aromatic nitrogens is 1. The lowest BCUT2D eigenvalue weighted by Gasteiger charge is -2.36. The number of piperidine rings is 1. The molecule has 0 spiro atoms. The number of carboxylic acid groups (broad SMARTS) is 1. The van der Waals surface area contributed by atoms with Crippen molar-refractivity contribution in [1.29, 1.82) is 0 Å². The van der Waals surface area contributed by atoms with Crippen molar-refractivity contribution in [2.24, 2.45) is 0 Å². The van der Waals surface area contributed by atoms with E-state index in [0.29, 0.717) is 0 Å². The van der Waals surface area contributed by atoms with Crippen molar-refractivity contribution in [3.05, 3.63) is 23.6 Å². The van der Waals surface area contributed by atoms with E-state index in [-0.39, 0.29) is 17.4 Å². The van der Waals surface area contributed by atoms with Gasteiger partial charge in [-0.05, 0) is 31.7 Å². The number of hydrogen-bond acceptors (Lipinski definition) is 3. The van der Waals surface area contributed by atoms with Crippen molar-refractivity contribution >= 4 is 11.8 Å². The third-order valence-corrected chi connectivity index (χ3v) is 3.47. The maximum Gasteiger partial charge on any atom is 0.338 e. The second kappa shape index (κ2) is 5.33. The predicted molar refractivity (Wildman–Crippen MR) is 66.4 cm³/mol. The second-order valence-electron chi connectivity index (χ2n) is 4.55. The number of halogens is 1. The van der Waals surface area contributed by atoms with Crippen molar-refractivity contribution in [2.75, 3.05) is 11.4 Å². The van der Waals surface area contributed by atoms with Gasteiger partial charge in [0.2, 0.25) is 0 Å². The van der Waals surface area contributed by atoms with Crippen LogP contribution >= 0.6 is 0 Å². The van der Waals surface area contributed by atoms with Crippen molar-refractivity contribution in [3.8, 4) is 0 Å². The molecule has 1 N–H and O–H groups in total. The first kappa shape index (κ1) is 12.8. The number of anilines is 1. The molecular formula is C13H17FN2O2. The quantitative estimate of drug-likeness (QED) is 0.898. The van der Waals surface area contributed by atoms with Gasteiger partial charge in [-0.2, -0.15) is 0 Å². The molecule has 2 rings (SSSR count). The minimum absolute atomic E-state index is 0.182. The zero-order valence-corrected chi connectivity index (χ0v) is 10.4. The summed E-state index contributed by atoms with van der Waals surface area (Å²) < 4.78 is 14.1. The van der Waals surface area contributed by atoms with Crippen molar-refractivity contribution in [3.63, 3.8) is 0 Å². The van der Waals surface area contributed by atoms with Gasteiger partial charge in [0.1, 0.15) is 5.56 Å². The van der Waals surface area contributed by atoms with Gasteiger partial charge in [0, 0.05) is 18.8 Å². The van der Waals surface area contributed by atoms with Crippen LogP contribution in [0.1, 0.15) is 43.0 Å². The zero-order valence-electron chi connectivity index (χ0n) is 10.4. The first-order valence-electron chi connectivity index (χ1n) is 6.29. The monoisotopic (exact) mass is 252 g/mol. The van der Waals surface area contributed by atoms with Gasteiger partial charge in [0.15, 0.2) is 11.6 Å². The third-order valence-electron chi connectivity index (χ3n) is 3.47. The van der Waals surface area contributed by atoms with Crippen LogP contribution in [0.15, 0.2) is 12.3 Å². The van der Waals surface area contributed by atoms with Crippen LogP contribution in [0.2, 0.25) is 0 Å². The smallest absolute Gasteiger partial charge is 0.338 e. The van der Waals surface area contributed by atoms with Crippen LogP contribution in [0.4, 0.5) is 10.2 Å². The van der Waals surface area contributed by atoms with Gasteiger partial charge in [-0.15, -0.1) is 0 Å². The number of carboxylic acids is 1. The van der Waals surface area contributed by atoms with Crippen LogP contribution in [-0.4, -0.2) is 28.6 Å². The van der Waals surface area contributed by atoms with Crippen LogP contribution < -0.4 is 4.90 Å². The Morgan fingerprint density at radius 1 is 1.61 bits per heavy atom. The molecule has 0 aliphatic carbocycles. The zero-order chi connectivity index (χ0) is 13.1. The molecule has 0 bridgehead atoms. The largest absolute Gasteiger partial charge is 0.478 e. The topological polar surface area (TPSA) is 53.4 Å². The molecule has 18 heavy (non-hydrogen) atoms. The van der Waals surface area contributed by atoms with Crippen molar-refractivity contribution in [1.82, 2.24) is 4.98 Å². The molecular weight excluding hydrogens is 235 g/mol. The number of rotatable bonds is 3. The summed E-state index contributed by atoms with van der Waals surface area (Å²) in [6.45, 7) is 2.80. The predicted octanol–water partition coefficient (Wildman–Crippen LogP) is 2.69. The van der Waals surface area contributed by atoms with Gasteiger partial charge >= 0.3 is 5.97 Å². The Kier molecular flexibility index (Phi) is 3.79. The fourth-order valence-electron chi connectivity index (χ4n) is 2.50. The van der Waals surface area contributed by atoms with E-state index in [9.17, 15) is 9.18 Å². The molecule has 1 atom stereocenters. The summed E-state index contributed by atoms with van der Waals surface area (Å²) >= 11 is 0. The molecule has 5 heteroatoms. The molecule has 0 saturated carbocycles. The summed E-state index contributed by atoms with van der Waals surface area (Å²) in [6.07, 6.45) is 5.42. The van der Waals surface area contributed by atoms with E-state index in [1.165, 1.54) is 12.3 Å². The third kappa shape index (κ3) is 2.30. The first-order valence-corrected chi connectivity index (χ1v) is 6.29. The Balaban J connectivity index is 2.37. The minimum atomic E-state index is -1.25. The highest BCUT2D eigenvalue weighted by Gasteiger charge is 2.26. The average Bonchev–Trinajstić information content (AvgIpc) is 2.38. The second-order valence-corrected chi connectivity index (χ2v) is 4.55. The highest BCUT2D eigenvalue weighted by molar-refractivity contribution is 5.88. The fourth-order valence-corrected chi connectivity index (χ4v) is 2.50. The number of aromatic carboxylic acids is 1. The summed E-state index contributed by atoms with van der Waals surface area (Å²) in [5, 5.41) is 8.93. The van der Waals surface area contributed by atoms with Gasteiger partial charge < -0.3 is 10.0 Å². The van der Waals surface area contributed by atoms with E-state index in [1.54, 1.807) is 0 Å². The van der Waals surface area contributed by atoms with E-state index in [1.807, 2.05) is 4.90 Å². The van der Waals surface area contributed by atoms with Gasteiger partial charge in [0.25, 0.3) is 0 Å². The fraction of sp³-hybridized carbons (Fsp3) is 0.538. The van der Waals surface area contributed by atoms with E-state index in [2.05, 4.69) is 11.9 Å². The highest BCUT2D eigenvalue weighted by atomic mass is 19.1. The summed E-state index contributed by atoms with van der Waals surface area (Å²) in [4.78, 5) is 16.9. The van der Waals surface area contributed by atoms with Gasteiger partial charge in [-0.25, -0.2) is 14.2 Å². The summed E-state index contributed by atoms with van der Waals surface area (Å²) in [5.74, 6) is -1.78. The number of nitrogens with zero attached hydrogens (tertiary/aromatic N) is 2. The molecule has 4 nitrogen and oxygen atoms in total. The Hall–Kier alpha value is -1.65. The molecule has 1 aliphatic rings. The normalized spacial score (nSPS) is 19.9. The molecule has 1 unspecified atom stereocenters. The van der Waals surface area contributed by atoms with Gasteiger partial charge in [-0.3, -0.25) is 0 Å². The first-order chi connectivity index (χ1) is 8.65. The molecule has 1 saturated heterocycles. The van der Waals surface area contributed by atoms with Crippen LogP contribution in [0, 0.1) is 5.82 Å². The van der Waals surface area contributed by atoms with Crippen LogP contribution in [-0.2, 0) is 0 Å². The van der Waals surface area contributed by atoms with Gasteiger partial charge in [-0.1, -0.05) is 6.92 Å². The Morgan fingerprint density at radius 3 is 3.06 bits per heavy atom. The molecule has 2 heterocycles. The lowest BCUT2D eigenvalue weighted by atomic mass is 10.00. The van der Waals surface area contributed by atoms with Crippen LogP contribution in [0.3, 0.4) is 0 Å². The summed E-state index contributed by atoms with van der Waals surface area (Å²) in [7, 11) is 0. The molecule has 1 aromatic rings. The van der Waals surface area contributed by atoms with Crippen LogP contribution in [0.25, 0.3) is 0 Å². The molecule has 1 fully saturated rings. The Bertz CT molecular complexity index is 451. The maximum atomic E-state index is 14.1. The number of hydrogen-bond donors (Lipinski definition) is 1. The molecule has 0 amide bonds. The maximum absolute atomic E-state index is 14.1. The highest BCUT2D eigenvalue weighted by Crippen LogP contribution is 2.28. The van der Waals surface area contributed by atoms with Crippen LogP contribution in [0.5, 0.6) is 0 Å². The summed E-state index contributed by atoms with van der Waals surface area (Å²) in [5.41, 5.74) is -0.305. The van der Waals surface area contributed by atoms with E-state index in [4.69, 9.17) is 5.11 Å². The van der Waals surface area contributed by atoms with E-state index in [0.717, 1.165) is 32.2 Å². The Morgan fingerprint density at radius 2 is 2.39 bits per heavy atom. The van der Waals surface area contributed by atoms with Crippen molar-refractivity contribution < 1.29 is 14.3 Å². The Labute approximate surface area is 105 Å². The molecule has 1 aliphatic heterocycles. The molecule has 0 aromatic carbocycles. The average molecular weight is 252 g/mol. The number of pyridine rings is 1. The standard InChI is InChI=1S/C13H17FN2O2/c1-2-9-5-3-4-8-16(9)12-11(14)10(13(17)18)6-7-15-12/h6-7,9H,2-5,8H2,1H3,(H,17,18). The van der Waals surface area contributed by atoms with Crippen molar-refractivity contribution in [2.45, 2.75) is 38.6 Å². The minimum Gasteiger partial charge on any atom is -0.478 e. The lowest BCUT2D eigenvalue weighted by molar-refractivity contribution is 0.0691. The molecule has 1 aromatic heterocycles. The van der Waals surface area contributed by atoms with E-state index < -0.39 is 11.8 Å². The molecule has 98 valence electrons. The summed E-state index contributed by atoms with van der Waals surface area (Å²) in [6, 6.07) is 1.45. The van der Waals surface area contributed by atoms with E-state index >= 15 is 0 Å². The SMILES string of the molecule is CCC1CCCCN1c1nccc(C(=O)O)c1F. The van der Waals surface area contributed by atoms with Gasteiger partial charge in [0.05, 0.1) is 0 Å². The lowest BCUT2D eigenvalue weighted by Crippen LogP contribution is -2.40.